The van der Waals surface area contributed by atoms with Crippen molar-refractivity contribution in [2.75, 3.05) is 0 Å². The summed E-state index contributed by atoms with van der Waals surface area (Å²) in [6.45, 7) is 0.479. The minimum absolute atomic E-state index is 0.476. The van der Waals surface area contributed by atoms with Crippen molar-refractivity contribution in [2.45, 2.75) is 6.54 Å². The highest BCUT2D eigenvalue weighted by atomic mass is 79.9. The van der Waals surface area contributed by atoms with Crippen LogP contribution in [0.15, 0.2) is 41.0 Å². The van der Waals surface area contributed by atoms with Gasteiger partial charge < -0.3 is 10.5 Å². The van der Waals surface area contributed by atoms with Gasteiger partial charge in [0.1, 0.15) is 5.75 Å². The normalized spacial score (nSPS) is 10.3. The maximum atomic E-state index is 5.80. The average Bonchev–Trinajstić information content (AvgIpc) is 2.33. The van der Waals surface area contributed by atoms with Gasteiger partial charge in [-0.1, -0.05) is 23.7 Å². The number of nitrogens with zero attached hydrogens (tertiary/aromatic N) is 1. The van der Waals surface area contributed by atoms with Crippen LogP contribution < -0.4 is 10.5 Å². The number of halogens is 2. The Kier molecular flexibility index (Phi) is 3.99. The van der Waals surface area contributed by atoms with Gasteiger partial charge in [-0.25, -0.2) is 4.98 Å². The Morgan fingerprint density at radius 1 is 1.35 bits per heavy atom. The van der Waals surface area contributed by atoms with Gasteiger partial charge in [-0.15, -0.1) is 0 Å². The summed E-state index contributed by atoms with van der Waals surface area (Å²) in [5, 5.41) is 0.555. The average molecular weight is 314 g/mol. The molecule has 2 rings (SSSR count). The Labute approximate surface area is 113 Å². The number of nitrogens with two attached hydrogens (primary N) is 1. The van der Waals surface area contributed by atoms with Gasteiger partial charge >= 0.3 is 0 Å². The van der Waals surface area contributed by atoms with E-state index in [4.69, 9.17) is 22.1 Å². The van der Waals surface area contributed by atoms with Crippen LogP contribution in [0.1, 0.15) is 5.56 Å². The second-order valence-corrected chi connectivity index (χ2v) is 4.68. The first-order valence-electron chi connectivity index (χ1n) is 4.97. The molecule has 3 nitrogen and oxygen atoms in total. The van der Waals surface area contributed by atoms with Gasteiger partial charge in [-0.3, -0.25) is 0 Å². The van der Waals surface area contributed by atoms with Crippen LogP contribution in [0.3, 0.4) is 0 Å². The van der Waals surface area contributed by atoms with E-state index in [1.165, 1.54) is 6.20 Å². The van der Waals surface area contributed by atoms with Crippen LogP contribution in [0.4, 0.5) is 0 Å². The monoisotopic (exact) mass is 312 g/mol. The van der Waals surface area contributed by atoms with E-state index in [0.717, 1.165) is 5.56 Å². The summed E-state index contributed by atoms with van der Waals surface area (Å²) in [7, 11) is 0. The molecule has 0 fully saturated rings. The second kappa shape index (κ2) is 5.49. The van der Waals surface area contributed by atoms with Crippen molar-refractivity contribution in [2.24, 2.45) is 5.73 Å². The molecule has 0 aliphatic carbocycles. The van der Waals surface area contributed by atoms with Gasteiger partial charge in [0.05, 0.1) is 9.50 Å². The predicted molar refractivity (Wildman–Crippen MR) is 71.4 cm³/mol. The first-order valence-corrected chi connectivity index (χ1v) is 6.14. The highest BCUT2D eigenvalue weighted by Gasteiger charge is 2.05. The molecule has 2 aromatic rings. The third-order valence-corrected chi connectivity index (χ3v) is 2.90. The number of rotatable bonds is 3. The molecule has 1 aromatic carbocycles. The fourth-order valence-corrected chi connectivity index (χ4v) is 2.04. The number of aromatic nitrogens is 1. The van der Waals surface area contributed by atoms with Gasteiger partial charge in [0, 0.05) is 12.7 Å². The molecular formula is C12H10BrClN2O. The van der Waals surface area contributed by atoms with E-state index in [1.807, 2.05) is 24.3 Å². The van der Waals surface area contributed by atoms with Crippen molar-refractivity contribution in [1.29, 1.82) is 0 Å². The first kappa shape index (κ1) is 12.4. The van der Waals surface area contributed by atoms with Crippen molar-refractivity contribution in [3.8, 4) is 11.6 Å². The van der Waals surface area contributed by atoms with Gasteiger partial charge in [0.2, 0.25) is 5.88 Å². The lowest BCUT2D eigenvalue weighted by Crippen LogP contribution is -1.96. The molecule has 0 amide bonds. The molecule has 0 unspecified atom stereocenters. The van der Waals surface area contributed by atoms with E-state index >= 15 is 0 Å². The van der Waals surface area contributed by atoms with Gasteiger partial charge in [0.15, 0.2) is 0 Å². The first-order chi connectivity index (χ1) is 8.19. The Morgan fingerprint density at radius 3 is 2.88 bits per heavy atom. The van der Waals surface area contributed by atoms with Gasteiger partial charge in [0.25, 0.3) is 0 Å². The Hall–Kier alpha value is -1.10. The fraction of sp³-hybridized carbons (Fsp3) is 0.0833. The zero-order chi connectivity index (χ0) is 12.3. The predicted octanol–water partition coefficient (Wildman–Crippen LogP) is 3.75. The summed E-state index contributed by atoms with van der Waals surface area (Å²) >= 11 is 9.15. The number of hydrogen-bond acceptors (Lipinski definition) is 3. The summed E-state index contributed by atoms with van der Waals surface area (Å²) in [6, 6.07) is 9.29. The van der Waals surface area contributed by atoms with Crippen molar-refractivity contribution < 1.29 is 4.74 Å². The largest absolute Gasteiger partial charge is 0.438 e. The van der Waals surface area contributed by atoms with Crippen molar-refractivity contribution in [3.63, 3.8) is 0 Å². The van der Waals surface area contributed by atoms with Crippen molar-refractivity contribution in [3.05, 3.63) is 51.6 Å². The molecule has 5 heteroatoms. The van der Waals surface area contributed by atoms with E-state index in [1.54, 1.807) is 6.07 Å². The molecule has 88 valence electrons. The van der Waals surface area contributed by atoms with E-state index in [0.29, 0.717) is 27.7 Å². The van der Waals surface area contributed by atoms with E-state index in [-0.39, 0.29) is 0 Å². The smallest absolute Gasteiger partial charge is 0.233 e. The molecule has 17 heavy (non-hydrogen) atoms. The standard InChI is InChI=1S/C12H10BrClN2O/c13-11-5-9(14)7-16-12(11)17-10-3-1-2-8(4-10)6-15/h1-5,7H,6,15H2. The van der Waals surface area contributed by atoms with Crippen LogP contribution in [-0.4, -0.2) is 4.98 Å². The second-order valence-electron chi connectivity index (χ2n) is 3.39. The zero-order valence-corrected chi connectivity index (χ0v) is 11.2. The number of ether oxygens (including phenoxy) is 1. The van der Waals surface area contributed by atoms with E-state index in [9.17, 15) is 0 Å². The molecule has 2 N–H and O–H groups in total. The molecule has 0 spiro atoms. The minimum atomic E-state index is 0.476. The molecular weight excluding hydrogens is 304 g/mol. The summed E-state index contributed by atoms with van der Waals surface area (Å²) < 4.78 is 6.35. The summed E-state index contributed by atoms with van der Waals surface area (Å²) in [6.07, 6.45) is 1.54. The Morgan fingerprint density at radius 2 is 2.18 bits per heavy atom. The summed E-state index contributed by atoms with van der Waals surface area (Å²) in [4.78, 5) is 4.10. The molecule has 1 heterocycles. The number of pyridine rings is 1. The van der Waals surface area contributed by atoms with Gasteiger partial charge in [-0.05, 0) is 39.7 Å². The maximum Gasteiger partial charge on any atom is 0.233 e. The van der Waals surface area contributed by atoms with Crippen LogP contribution >= 0.6 is 27.5 Å². The highest BCUT2D eigenvalue weighted by molar-refractivity contribution is 9.10. The fourth-order valence-electron chi connectivity index (χ4n) is 1.32. The quantitative estimate of drug-likeness (QED) is 0.939. The number of hydrogen-bond donors (Lipinski definition) is 1. The SMILES string of the molecule is NCc1cccc(Oc2ncc(Cl)cc2Br)c1. The lowest BCUT2D eigenvalue weighted by molar-refractivity contribution is 0.459. The molecule has 0 atom stereocenters. The van der Waals surface area contributed by atoms with Crippen LogP contribution in [0.2, 0.25) is 5.02 Å². The Bertz CT molecular complexity index is 534. The molecule has 0 radical (unpaired) electrons. The molecule has 1 aromatic heterocycles. The lowest BCUT2D eigenvalue weighted by atomic mass is 10.2. The van der Waals surface area contributed by atoms with Gasteiger partial charge in [-0.2, -0.15) is 0 Å². The van der Waals surface area contributed by atoms with E-state index < -0.39 is 0 Å². The summed E-state index contributed by atoms with van der Waals surface area (Å²) in [5.41, 5.74) is 6.57. The number of benzene rings is 1. The third-order valence-electron chi connectivity index (χ3n) is 2.12. The molecule has 0 bridgehead atoms. The Balaban J connectivity index is 2.25. The zero-order valence-electron chi connectivity index (χ0n) is 8.86. The van der Waals surface area contributed by atoms with E-state index in [2.05, 4.69) is 20.9 Å². The molecule has 0 saturated carbocycles. The van der Waals surface area contributed by atoms with Crippen LogP contribution in [-0.2, 0) is 6.54 Å². The molecule has 0 saturated heterocycles. The van der Waals surface area contributed by atoms with Crippen LogP contribution in [0, 0.1) is 0 Å². The maximum absolute atomic E-state index is 5.80. The van der Waals surface area contributed by atoms with Crippen LogP contribution in [0.5, 0.6) is 11.6 Å². The highest BCUT2D eigenvalue weighted by Crippen LogP contribution is 2.29. The summed E-state index contributed by atoms with van der Waals surface area (Å²) in [5.74, 6) is 1.17. The third kappa shape index (κ3) is 3.19. The lowest BCUT2D eigenvalue weighted by Gasteiger charge is -2.07. The molecule has 0 aliphatic rings. The van der Waals surface area contributed by atoms with Crippen molar-refractivity contribution in [1.82, 2.24) is 4.98 Å². The van der Waals surface area contributed by atoms with Crippen molar-refractivity contribution >= 4 is 27.5 Å². The molecule has 0 aliphatic heterocycles. The minimum Gasteiger partial charge on any atom is -0.438 e. The topological polar surface area (TPSA) is 48.1 Å². The van der Waals surface area contributed by atoms with Crippen LogP contribution in [0.25, 0.3) is 0 Å².